The summed E-state index contributed by atoms with van der Waals surface area (Å²) in [5.41, 5.74) is 0. The first-order valence-corrected chi connectivity index (χ1v) is 4.11. The minimum absolute atomic E-state index is 0. The Labute approximate surface area is 123 Å². The van der Waals surface area contributed by atoms with E-state index in [1.165, 1.54) is 6.42 Å². The van der Waals surface area contributed by atoms with Crippen LogP contribution in [0.25, 0.3) is 0 Å². The number of rotatable bonds is 4. The maximum absolute atomic E-state index is 5.45. The largest absolute Gasteiger partial charge is 2.00 e. The van der Waals surface area contributed by atoms with Crippen LogP contribution in [0.4, 0.5) is 0 Å². The van der Waals surface area contributed by atoms with Crippen molar-refractivity contribution in [2.75, 3.05) is 6.61 Å². The second-order valence-corrected chi connectivity index (χ2v) is 2.52. The molecule has 1 nitrogen and oxygen atoms in total. The van der Waals surface area contributed by atoms with Crippen LogP contribution in [0.5, 0.6) is 5.75 Å². The maximum atomic E-state index is 5.45. The molecule has 0 aromatic heterocycles. The molecule has 0 saturated heterocycles. The Bertz CT molecular complexity index is 195. The first-order valence-electron chi connectivity index (χ1n) is 4.11. The zero-order valence-electron chi connectivity index (χ0n) is 8.38. The van der Waals surface area contributed by atoms with Crippen LogP contribution in [0.3, 0.4) is 0 Å². The Balaban J connectivity index is -0.000000403. The molecular weight excluding hydrogens is 320 g/mol. The Morgan fingerprint density at radius 1 is 1.07 bits per heavy atom. The Hall–Kier alpha value is 0.746. The van der Waals surface area contributed by atoms with Crippen molar-refractivity contribution in [1.29, 1.82) is 0 Å². The van der Waals surface area contributed by atoms with Crippen LogP contribution < -0.4 is 38.7 Å². The number of hydrogen-bond donors (Lipinski definition) is 0. The van der Waals surface area contributed by atoms with Crippen LogP contribution >= 0.6 is 0 Å². The van der Waals surface area contributed by atoms with E-state index >= 15 is 0 Å². The van der Waals surface area contributed by atoms with Crippen molar-refractivity contribution in [2.45, 2.75) is 19.8 Å². The van der Waals surface area contributed by atoms with Gasteiger partial charge in [0.25, 0.3) is 0 Å². The molecule has 14 heavy (non-hydrogen) atoms. The summed E-state index contributed by atoms with van der Waals surface area (Å²) in [5, 5.41) is 0. The van der Waals surface area contributed by atoms with Crippen LogP contribution in [0.2, 0.25) is 0 Å². The molecule has 4 heteroatoms. The first kappa shape index (κ1) is 20.2. The zero-order chi connectivity index (χ0) is 7.94. The summed E-state index contributed by atoms with van der Waals surface area (Å²) in [7, 11) is 0. The quantitative estimate of drug-likeness (QED) is 0.410. The number of benzene rings is 1. The maximum Gasteiger partial charge on any atom is 2.00 e. The van der Waals surface area contributed by atoms with Crippen LogP contribution in [0, 0.1) is 0 Å². The molecule has 0 spiro atoms. The second kappa shape index (κ2) is 13.7. The summed E-state index contributed by atoms with van der Waals surface area (Å²) in [6.07, 6.45) is 2.32. The van der Waals surface area contributed by atoms with Gasteiger partial charge in [0, 0.05) is 0 Å². The van der Waals surface area contributed by atoms with E-state index in [0.29, 0.717) is 0 Å². The third-order valence-corrected chi connectivity index (χ3v) is 1.51. The molecule has 1 aromatic rings. The van der Waals surface area contributed by atoms with Crippen LogP contribution in [0.1, 0.15) is 19.8 Å². The van der Waals surface area contributed by atoms with Crippen molar-refractivity contribution >= 4 is 23.1 Å². The van der Waals surface area contributed by atoms with E-state index < -0.39 is 0 Å². The fourth-order valence-electron chi connectivity index (χ4n) is 0.851. The van der Waals surface area contributed by atoms with Gasteiger partial charge < -0.3 is 38.7 Å². The standard InChI is InChI=1S/C10H14O.2BrH.Mg/c1-2-3-9-11-10-7-5-4-6-8-10;;;/h4-8H,2-3,9H2,1H3;2*1H;/q;;;+2/p-2. The third kappa shape index (κ3) is 9.31. The number of halogens is 2. The number of unbranched alkanes of at least 4 members (excludes halogenated alkanes) is 1. The molecule has 0 amide bonds. The van der Waals surface area contributed by atoms with E-state index in [0.717, 1.165) is 18.8 Å². The first-order chi connectivity index (χ1) is 5.43. The smallest absolute Gasteiger partial charge is 1.00 e. The fraction of sp³-hybridized carbons (Fsp3) is 0.400. The van der Waals surface area contributed by atoms with Gasteiger partial charge >= 0.3 is 23.1 Å². The molecule has 0 radical (unpaired) electrons. The van der Waals surface area contributed by atoms with Crippen LogP contribution in [-0.2, 0) is 0 Å². The molecule has 1 aromatic carbocycles. The van der Waals surface area contributed by atoms with E-state index in [1.54, 1.807) is 0 Å². The van der Waals surface area contributed by atoms with E-state index in [1.807, 2.05) is 30.3 Å². The summed E-state index contributed by atoms with van der Waals surface area (Å²) in [4.78, 5) is 0. The molecular formula is C10H14Br2MgO. The molecule has 0 atom stereocenters. The average molecular weight is 334 g/mol. The van der Waals surface area contributed by atoms with Crippen molar-refractivity contribution in [2.24, 2.45) is 0 Å². The Morgan fingerprint density at radius 2 is 1.64 bits per heavy atom. The predicted octanol–water partition coefficient (Wildman–Crippen LogP) is -3.51. The average Bonchev–Trinajstić information content (AvgIpc) is 2.07. The van der Waals surface area contributed by atoms with Crippen molar-refractivity contribution < 1.29 is 38.7 Å². The van der Waals surface area contributed by atoms with Crippen molar-refractivity contribution in [1.82, 2.24) is 0 Å². The minimum Gasteiger partial charge on any atom is -1.00 e. The summed E-state index contributed by atoms with van der Waals surface area (Å²) in [6.45, 7) is 2.99. The molecule has 0 heterocycles. The zero-order valence-corrected chi connectivity index (χ0v) is 13.0. The Morgan fingerprint density at radius 3 is 2.14 bits per heavy atom. The van der Waals surface area contributed by atoms with Gasteiger partial charge in [0.05, 0.1) is 6.61 Å². The van der Waals surface area contributed by atoms with Gasteiger partial charge in [0.1, 0.15) is 5.75 Å². The van der Waals surface area contributed by atoms with Gasteiger partial charge in [0.2, 0.25) is 0 Å². The van der Waals surface area contributed by atoms with Gasteiger partial charge in [-0.3, -0.25) is 0 Å². The summed E-state index contributed by atoms with van der Waals surface area (Å²) >= 11 is 0. The van der Waals surface area contributed by atoms with Gasteiger partial charge in [-0.25, -0.2) is 0 Å². The molecule has 0 aliphatic heterocycles. The summed E-state index contributed by atoms with van der Waals surface area (Å²) in [6, 6.07) is 9.93. The summed E-state index contributed by atoms with van der Waals surface area (Å²) < 4.78 is 5.45. The number of hydrogen-bond acceptors (Lipinski definition) is 1. The van der Waals surface area contributed by atoms with Crippen LogP contribution in [0.15, 0.2) is 30.3 Å². The molecule has 0 bridgehead atoms. The predicted molar refractivity (Wildman–Crippen MR) is 52.6 cm³/mol. The van der Waals surface area contributed by atoms with Crippen molar-refractivity contribution in [3.05, 3.63) is 30.3 Å². The monoisotopic (exact) mass is 332 g/mol. The number of ether oxygens (including phenoxy) is 1. The Kier molecular flexibility index (Phi) is 19.8. The summed E-state index contributed by atoms with van der Waals surface area (Å²) in [5.74, 6) is 0.973. The van der Waals surface area contributed by atoms with Gasteiger partial charge in [-0.2, -0.15) is 0 Å². The van der Waals surface area contributed by atoms with Gasteiger partial charge in [0.15, 0.2) is 0 Å². The van der Waals surface area contributed by atoms with Crippen molar-refractivity contribution in [3.63, 3.8) is 0 Å². The molecule has 1 rings (SSSR count). The van der Waals surface area contributed by atoms with Gasteiger partial charge in [-0.05, 0) is 18.6 Å². The molecule has 0 fully saturated rings. The molecule has 0 N–H and O–H groups in total. The molecule has 76 valence electrons. The normalized spacial score (nSPS) is 7.50. The number of para-hydroxylation sites is 1. The van der Waals surface area contributed by atoms with Gasteiger partial charge in [-0.1, -0.05) is 31.5 Å². The van der Waals surface area contributed by atoms with E-state index in [4.69, 9.17) is 4.74 Å². The second-order valence-electron chi connectivity index (χ2n) is 2.52. The molecule has 0 aliphatic carbocycles. The van der Waals surface area contributed by atoms with Crippen LogP contribution in [-0.4, -0.2) is 29.7 Å². The van der Waals surface area contributed by atoms with E-state index in [-0.39, 0.29) is 57.0 Å². The SMILES string of the molecule is CCCCOc1ccccc1.[Br-].[Br-].[Mg+2]. The molecule has 0 aliphatic rings. The topological polar surface area (TPSA) is 9.23 Å². The molecule has 0 unspecified atom stereocenters. The van der Waals surface area contributed by atoms with Gasteiger partial charge in [-0.15, -0.1) is 0 Å². The third-order valence-electron chi connectivity index (χ3n) is 1.51. The van der Waals surface area contributed by atoms with E-state index in [9.17, 15) is 0 Å². The molecule has 0 saturated carbocycles. The minimum atomic E-state index is 0. The fourth-order valence-corrected chi connectivity index (χ4v) is 0.851. The van der Waals surface area contributed by atoms with E-state index in [2.05, 4.69) is 6.92 Å². The van der Waals surface area contributed by atoms with Crippen molar-refractivity contribution in [3.8, 4) is 5.75 Å².